The van der Waals surface area contributed by atoms with Gasteiger partial charge in [-0.25, -0.2) is 0 Å². The van der Waals surface area contributed by atoms with Crippen LogP contribution in [0.3, 0.4) is 0 Å². The fourth-order valence-corrected chi connectivity index (χ4v) is 6.52. The van der Waals surface area contributed by atoms with Crippen molar-refractivity contribution in [2.75, 3.05) is 6.54 Å². The van der Waals surface area contributed by atoms with Gasteiger partial charge < -0.3 is 0 Å². The van der Waals surface area contributed by atoms with Gasteiger partial charge in [0, 0.05) is 0 Å². The maximum Gasteiger partial charge on any atom is 0.0541 e. The molecule has 0 fully saturated rings. The SMILES string of the molecule is CCCCCCCCCCCCCCCCCCC(CCCCCCCCCCCCCCCCCC)CN(O)O. The van der Waals surface area contributed by atoms with E-state index in [2.05, 4.69) is 13.8 Å². The number of unbranched alkanes of at least 4 members (excludes halogenated alkanes) is 30. The number of hydrogen-bond acceptors (Lipinski definition) is 3. The van der Waals surface area contributed by atoms with E-state index in [0.29, 0.717) is 17.7 Å². The molecule has 3 heteroatoms. The summed E-state index contributed by atoms with van der Waals surface area (Å²) in [5.74, 6) is 0.434. The van der Waals surface area contributed by atoms with E-state index in [1.165, 1.54) is 205 Å². The quantitative estimate of drug-likeness (QED) is 0.0571. The minimum absolute atomic E-state index is 0.414. The molecule has 0 spiro atoms. The predicted octanol–water partition coefficient (Wildman–Crippen LogP) is 14.0. The molecule has 2 N–H and O–H groups in total. The van der Waals surface area contributed by atoms with Gasteiger partial charge >= 0.3 is 0 Å². The third-order valence-electron chi connectivity index (χ3n) is 9.35. The molecule has 0 bridgehead atoms. The van der Waals surface area contributed by atoms with Crippen LogP contribution in [0, 0.1) is 5.92 Å². The second-order valence-electron chi connectivity index (χ2n) is 13.6. The highest BCUT2D eigenvalue weighted by Crippen LogP contribution is 2.21. The molecule has 3 nitrogen and oxygen atoms in total. The zero-order chi connectivity index (χ0) is 29.9. The smallest absolute Gasteiger partial charge is 0.0541 e. The molecule has 0 aromatic rings. The molecule has 0 aliphatic heterocycles. The molecule has 0 aromatic carbocycles. The maximum atomic E-state index is 9.38. The molecule has 0 amide bonds. The van der Waals surface area contributed by atoms with Crippen LogP contribution in [-0.4, -0.2) is 22.2 Å². The van der Waals surface area contributed by atoms with Gasteiger partial charge in [0.05, 0.1) is 6.54 Å². The molecule has 0 heterocycles. The number of rotatable bonds is 36. The maximum absolute atomic E-state index is 9.38. The minimum Gasteiger partial charge on any atom is -0.290 e. The summed E-state index contributed by atoms with van der Waals surface area (Å²) in [7, 11) is 0. The standard InChI is InChI=1S/C38H79NO2/c1-3-5-7-9-11-13-15-17-19-21-23-25-27-29-31-33-35-38(37-39(40)41)36-34-32-30-28-26-24-22-20-18-16-14-12-10-8-6-4-2/h38,40-41H,3-37H2,1-2H3. The third-order valence-corrected chi connectivity index (χ3v) is 9.35. The molecule has 0 rings (SSSR count). The highest BCUT2D eigenvalue weighted by atomic mass is 16.8. The molecule has 41 heavy (non-hydrogen) atoms. The van der Waals surface area contributed by atoms with E-state index in [1.807, 2.05) is 0 Å². The van der Waals surface area contributed by atoms with E-state index >= 15 is 0 Å². The Morgan fingerprint density at radius 2 is 0.512 bits per heavy atom. The van der Waals surface area contributed by atoms with Gasteiger partial charge in [-0.2, -0.15) is 0 Å². The third kappa shape index (κ3) is 36.0. The number of nitrogens with zero attached hydrogens (tertiary/aromatic N) is 1. The lowest BCUT2D eigenvalue weighted by molar-refractivity contribution is -0.312. The summed E-state index contributed by atoms with van der Waals surface area (Å²) >= 11 is 0. The molecule has 0 saturated heterocycles. The van der Waals surface area contributed by atoms with Crippen molar-refractivity contribution < 1.29 is 10.4 Å². The van der Waals surface area contributed by atoms with Gasteiger partial charge in [-0.15, -0.1) is 0 Å². The molecular weight excluding hydrogens is 502 g/mol. The van der Waals surface area contributed by atoms with Gasteiger partial charge in [-0.3, -0.25) is 10.4 Å². The van der Waals surface area contributed by atoms with Crippen molar-refractivity contribution in [2.45, 2.75) is 232 Å². The molecule has 0 aromatic heterocycles. The molecule has 0 radical (unpaired) electrons. The van der Waals surface area contributed by atoms with Crippen molar-refractivity contribution in [3.8, 4) is 0 Å². The Balaban J connectivity index is 3.46. The molecule has 248 valence electrons. The molecule has 0 unspecified atom stereocenters. The first-order valence-corrected chi connectivity index (χ1v) is 19.4. The first-order valence-electron chi connectivity index (χ1n) is 19.4. The highest BCUT2D eigenvalue weighted by molar-refractivity contribution is 4.62. The van der Waals surface area contributed by atoms with Gasteiger partial charge in [0.15, 0.2) is 0 Å². The Kier molecular flexibility index (Phi) is 36.0. The van der Waals surface area contributed by atoms with Crippen molar-refractivity contribution in [1.29, 1.82) is 0 Å². The zero-order valence-corrected chi connectivity index (χ0v) is 28.7. The van der Waals surface area contributed by atoms with E-state index in [4.69, 9.17) is 0 Å². The van der Waals surface area contributed by atoms with E-state index in [0.717, 1.165) is 12.8 Å². The molecule has 0 saturated carbocycles. The van der Waals surface area contributed by atoms with Crippen LogP contribution in [0.25, 0.3) is 0 Å². The van der Waals surface area contributed by atoms with Crippen molar-refractivity contribution >= 4 is 0 Å². The normalized spacial score (nSPS) is 11.9. The fourth-order valence-electron chi connectivity index (χ4n) is 6.52. The van der Waals surface area contributed by atoms with Gasteiger partial charge in [0.25, 0.3) is 0 Å². The summed E-state index contributed by atoms with van der Waals surface area (Å²) in [4.78, 5) is 0. The topological polar surface area (TPSA) is 43.7 Å². The lowest BCUT2D eigenvalue weighted by atomic mass is 9.94. The Labute approximate surface area is 259 Å². The monoisotopic (exact) mass is 582 g/mol. The average molecular weight is 582 g/mol. The van der Waals surface area contributed by atoms with Crippen LogP contribution in [0.2, 0.25) is 0 Å². The molecule has 0 aliphatic carbocycles. The highest BCUT2D eigenvalue weighted by Gasteiger charge is 2.11. The Hall–Kier alpha value is -0.120. The molecular formula is C38H79NO2. The summed E-state index contributed by atoms with van der Waals surface area (Å²) in [6, 6.07) is 0. The Morgan fingerprint density at radius 3 is 0.707 bits per heavy atom. The van der Waals surface area contributed by atoms with Crippen LogP contribution >= 0.6 is 0 Å². The Morgan fingerprint density at radius 1 is 0.317 bits per heavy atom. The lowest BCUT2D eigenvalue weighted by Gasteiger charge is -2.18. The zero-order valence-electron chi connectivity index (χ0n) is 28.7. The summed E-state index contributed by atoms with van der Waals surface area (Å²) in [5, 5.41) is 19.2. The van der Waals surface area contributed by atoms with E-state index in [-0.39, 0.29) is 0 Å². The van der Waals surface area contributed by atoms with Crippen molar-refractivity contribution in [3.05, 3.63) is 0 Å². The van der Waals surface area contributed by atoms with Crippen LogP contribution in [-0.2, 0) is 0 Å². The van der Waals surface area contributed by atoms with Crippen LogP contribution in [0.1, 0.15) is 232 Å². The summed E-state index contributed by atoms with van der Waals surface area (Å²) < 4.78 is 0. The van der Waals surface area contributed by atoms with Crippen LogP contribution in [0.15, 0.2) is 0 Å². The summed E-state index contributed by atoms with van der Waals surface area (Å²) in [6.07, 6.45) is 47.2. The van der Waals surface area contributed by atoms with Crippen LogP contribution in [0.5, 0.6) is 0 Å². The predicted molar refractivity (Wildman–Crippen MR) is 182 cm³/mol. The first-order chi connectivity index (χ1) is 20.2. The molecule has 0 aliphatic rings. The minimum atomic E-state index is 0.414. The van der Waals surface area contributed by atoms with E-state index in [1.54, 1.807) is 0 Å². The van der Waals surface area contributed by atoms with Crippen LogP contribution in [0.4, 0.5) is 0 Å². The first kappa shape index (κ1) is 40.9. The number of hydroxylamine groups is 2. The largest absolute Gasteiger partial charge is 0.290 e. The number of hydrogen-bond donors (Lipinski definition) is 2. The summed E-state index contributed by atoms with van der Waals surface area (Å²) in [5.41, 5.74) is 0. The van der Waals surface area contributed by atoms with Crippen LogP contribution < -0.4 is 0 Å². The second-order valence-corrected chi connectivity index (χ2v) is 13.6. The Bertz CT molecular complexity index is 420. The summed E-state index contributed by atoms with van der Waals surface area (Å²) in [6.45, 7) is 5.00. The average Bonchev–Trinajstić information content (AvgIpc) is 2.96. The van der Waals surface area contributed by atoms with Gasteiger partial charge in [0.1, 0.15) is 0 Å². The molecule has 0 atom stereocenters. The van der Waals surface area contributed by atoms with Gasteiger partial charge in [-0.1, -0.05) is 225 Å². The van der Waals surface area contributed by atoms with Gasteiger partial charge in [0.2, 0.25) is 0 Å². The van der Waals surface area contributed by atoms with E-state index < -0.39 is 0 Å². The fraction of sp³-hybridized carbons (Fsp3) is 1.00. The van der Waals surface area contributed by atoms with Crippen molar-refractivity contribution in [1.82, 2.24) is 5.23 Å². The lowest BCUT2D eigenvalue weighted by Crippen LogP contribution is -2.23. The van der Waals surface area contributed by atoms with Gasteiger partial charge in [-0.05, 0) is 18.8 Å². The van der Waals surface area contributed by atoms with Crippen molar-refractivity contribution in [2.24, 2.45) is 5.92 Å². The van der Waals surface area contributed by atoms with Crippen molar-refractivity contribution in [3.63, 3.8) is 0 Å². The van der Waals surface area contributed by atoms with E-state index in [9.17, 15) is 10.4 Å². The second kappa shape index (κ2) is 36.1.